The van der Waals surface area contributed by atoms with E-state index in [4.69, 9.17) is 0 Å². The van der Waals surface area contributed by atoms with Gasteiger partial charge in [-0.2, -0.15) is 0 Å². The largest absolute Gasteiger partial charge is 0.354 e. The van der Waals surface area contributed by atoms with Gasteiger partial charge in [0.2, 0.25) is 5.91 Å². The average Bonchev–Trinajstić information content (AvgIpc) is 2.42. The Morgan fingerprint density at radius 2 is 2.21 bits per heavy atom. The summed E-state index contributed by atoms with van der Waals surface area (Å²) in [7, 11) is 0. The van der Waals surface area contributed by atoms with Crippen molar-refractivity contribution in [3.63, 3.8) is 0 Å². The van der Waals surface area contributed by atoms with Gasteiger partial charge in [-0.1, -0.05) is 38.1 Å². The lowest BCUT2D eigenvalue weighted by Crippen LogP contribution is -2.41. The molecule has 1 heterocycles. The van der Waals surface area contributed by atoms with Crippen molar-refractivity contribution in [3.8, 4) is 0 Å². The van der Waals surface area contributed by atoms with E-state index in [1.165, 1.54) is 5.56 Å². The Kier molecular flexibility index (Phi) is 4.97. The van der Waals surface area contributed by atoms with Crippen LogP contribution in [0.3, 0.4) is 0 Å². The maximum absolute atomic E-state index is 12.2. The van der Waals surface area contributed by atoms with Crippen LogP contribution in [0.25, 0.3) is 0 Å². The number of carbonyl (C=O) groups excluding carboxylic acids is 1. The minimum Gasteiger partial charge on any atom is -0.354 e. The van der Waals surface area contributed by atoms with Crippen molar-refractivity contribution in [2.45, 2.75) is 39.2 Å². The normalized spacial score (nSPS) is 18.2. The SMILES string of the molecule is CC(C)CCCNC(=O)C1NCCc2ccccc21. The number of hydrogen-bond donors (Lipinski definition) is 2. The number of rotatable bonds is 5. The number of fused-ring (bicyclic) bond motifs is 1. The standard InChI is InChI=1S/C16H24N2O/c1-12(2)6-5-10-18-16(19)15-14-8-4-3-7-13(14)9-11-17-15/h3-4,7-8,12,15,17H,5-6,9-11H2,1-2H3,(H,18,19). The van der Waals surface area contributed by atoms with Crippen molar-refractivity contribution in [2.24, 2.45) is 5.92 Å². The fourth-order valence-electron chi connectivity index (χ4n) is 2.56. The summed E-state index contributed by atoms with van der Waals surface area (Å²) in [6.07, 6.45) is 3.22. The molecule has 0 saturated carbocycles. The van der Waals surface area contributed by atoms with Crippen LogP contribution in [-0.4, -0.2) is 19.0 Å². The summed E-state index contributed by atoms with van der Waals surface area (Å²) in [5.74, 6) is 0.807. The molecule has 3 heteroatoms. The Morgan fingerprint density at radius 1 is 1.42 bits per heavy atom. The molecule has 3 nitrogen and oxygen atoms in total. The Hall–Kier alpha value is -1.35. The molecule has 0 bridgehead atoms. The van der Waals surface area contributed by atoms with E-state index in [0.717, 1.165) is 37.9 Å². The van der Waals surface area contributed by atoms with E-state index in [-0.39, 0.29) is 11.9 Å². The zero-order chi connectivity index (χ0) is 13.7. The highest BCUT2D eigenvalue weighted by molar-refractivity contribution is 5.83. The maximum atomic E-state index is 12.2. The highest BCUT2D eigenvalue weighted by Gasteiger charge is 2.25. The molecule has 1 aromatic rings. The van der Waals surface area contributed by atoms with Crippen LogP contribution >= 0.6 is 0 Å². The zero-order valence-corrected chi connectivity index (χ0v) is 11.9. The van der Waals surface area contributed by atoms with Crippen molar-refractivity contribution in [3.05, 3.63) is 35.4 Å². The van der Waals surface area contributed by atoms with Crippen molar-refractivity contribution in [1.29, 1.82) is 0 Å². The Labute approximate surface area is 115 Å². The number of amides is 1. The summed E-state index contributed by atoms with van der Waals surface area (Å²) in [4.78, 5) is 12.2. The topological polar surface area (TPSA) is 41.1 Å². The lowest BCUT2D eigenvalue weighted by atomic mass is 9.94. The number of benzene rings is 1. The number of hydrogen-bond acceptors (Lipinski definition) is 2. The highest BCUT2D eigenvalue weighted by atomic mass is 16.2. The van der Waals surface area contributed by atoms with Crippen LogP contribution in [0.5, 0.6) is 0 Å². The van der Waals surface area contributed by atoms with Crippen LogP contribution in [0.4, 0.5) is 0 Å². The van der Waals surface area contributed by atoms with Gasteiger partial charge in [-0.25, -0.2) is 0 Å². The third kappa shape index (κ3) is 3.80. The van der Waals surface area contributed by atoms with Crippen molar-refractivity contribution >= 4 is 5.91 Å². The van der Waals surface area contributed by atoms with E-state index in [0.29, 0.717) is 5.92 Å². The second-order valence-corrected chi connectivity index (χ2v) is 5.66. The summed E-state index contributed by atoms with van der Waals surface area (Å²) in [6.45, 7) is 6.07. The van der Waals surface area contributed by atoms with Gasteiger partial charge >= 0.3 is 0 Å². The van der Waals surface area contributed by atoms with E-state index < -0.39 is 0 Å². The van der Waals surface area contributed by atoms with Crippen LogP contribution in [0, 0.1) is 5.92 Å². The molecular weight excluding hydrogens is 236 g/mol. The third-order valence-electron chi connectivity index (χ3n) is 3.63. The van der Waals surface area contributed by atoms with Gasteiger partial charge in [0.15, 0.2) is 0 Å². The molecule has 1 atom stereocenters. The smallest absolute Gasteiger partial charge is 0.241 e. The molecule has 2 rings (SSSR count). The third-order valence-corrected chi connectivity index (χ3v) is 3.63. The summed E-state index contributed by atoms with van der Waals surface area (Å²) in [5, 5.41) is 6.36. The van der Waals surface area contributed by atoms with Crippen LogP contribution in [0.15, 0.2) is 24.3 Å². The number of nitrogens with one attached hydrogen (secondary N) is 2. The zero-order valence-electron chi connectivity index (χ0n) is 11.9. The van der Waals surface area contributed by atoms with E-state index in [1.54, 1.807) is 0 Å². The van der Waals surface area contributed by atoms with Crippen LogP contribution < -0.4 is 10.6 Å². The predicted octanol–water partition coefficient (Wildman–Crippen LogP) is 2.43. The van der Waals surface area contributed by atoms with Gasteiger partial charge in [-0.05, 0) is 36.3 Å². The molecule has 1 unspecified atom stereocenters. The summed E-state index contributed by atoms with van der Waals surface area (Å²) < 4.78 is 0. The van der Waals surface area contributed by atoms with Gasteiger partial charge in [-0.15, -0.1) is 0 Å². The van der Waals surface area contributed by atoms with Gasteiger partial charge < -0.3 is 10.6 Å². The highest BCUT2D eigenvalue weighted by Crippen LogP contribution is 2.22. The minimum atomic E-state index is -0.177. The maximum Gasteiger partial charge on any atom is 0.241 e. The van der Waals surface area contributed by atoms with Crippen molar-refractivity contribution in [1.82, 2.24) is 10.6 Å². The fourth-order valence-corrected chi connectivity index (χ4v) is 2.56. The lowest BCUT2D eigenvalue weighted by Gasteiger charge is -2.26. The first-order valence-electron chi connectivity index (χ1n) is 7.27. The van der Waals surface area contributed by atoms with E-state index in [1.807, 2.05) is 12.1 Å². The summed E-state index contributed by atoms with van der Waals surface area (Å²) in [6, 6.07) is 8.05. The molecule has 1 aliphatic heterocycles. The summed E-state index contributed by atoms with van der Waals surface area (Å²) >= 11 is 0. The molecule has 1 aromatic carbocycles. The second-order valence-electron chi connectivity index (χ2n) is 5.66. The Morgan fingerprint density at radius 3 is 3.00 bits per heavy atom. The first-order valence-corrected chi connectivity index (χ1v) is 7.27. The molecule has 0 aromatic heterocycles. The van der Waals surface area contributed by atoms with Crippen LogP contribution in [0.1, 0.15) is 43.9 Å². The molecule has 104 valence electrons. The van der Waals surface area contributed by atoms with Gasteiger partial charge in [-0.3, -0.25) is 4.79 Å². The predicted molar refractivity (Wildman–Crippen MR) is 78.0 cm³/mol. The molecule has 0 fully saturated rings. The van der Waals surface area contributed by atoms with Gasteiger partial charge in [0, 0.05) is 13.1 Å². The Bertz CT molecular complexity index is 429. The minimum absolute atomic E-state index is 0.107. The van der Waals surface area contributed by atoms with Gasteiger partial charge in [0.25, 0.3) is 0 Å². The summed E-state index contributed by atoms with van der Waals surface area (Å²) in [5.41, 5.74) is 2.43. The molecule has 0 saturated heterocycles. The Balaban J connectivity index is 1.90. The molecule has 2 N–H and O–H groups in total. The van der Waals surface area contributed by atoms with E-state index >= 15 is 0 Å². The van der Waals surface area contributed by atoms with E-state index in [9.17, 15) is 4.79 Å². The van der Waals surface area contributed by atoms with Gasteiger partial charge in [0.1, 0.15) is 6.04 Å². The molecule has 1 amide bonds. The van der Waals surface area contributed by atoms with E-state index in [2.05, 4.69) is 36.6 Å². The molecular formula is C16H24N2O. The van der Waals surface area contributed by atoms with Crippen LogP contribution in [0.2, 0.25) is 0 Å². The van der Waals surface area contributed by atoms with Crippen LogP contribution in [-0.2, 0) is 11.2 Å². The van der Waals surface area contributed by atoms with Crippen molar-refractivity contribution in [2.75, 3.05) is 13.1 Å². The second kappa shape index (κ2) is 6.71. The first kappa shape index (κ1) is 14.1. The average molecular weight is 260 g/mol. The molecule has 0 spiro atoms. The monoisotopic (exact) mass is 260 g/mol. The first-order chi connectivity index (χ1) is 9.18. The molecule has 1 aliphatic rings. The quantitative estimate of drug-likeness (QED) is 0.798. The lowest BCUT2D eigenvalue weighted by molar-refractivity contribution is -0.123. The van der Waals surface area contributed by atoms with Crippen molar-refractivity contribution < 1.29 is 4.79 Å². The number of carbonyl (C=O) groups is 1. The molecule has 19 heavy (non-hydrogen) atoms. The molecule has 0 radical (unpaired) electrons. The fraction of sp³-hybridized carbons (Fsp3) is 0.562. The van der Waals surface area contributed by atoms with Gasteiger partial charge in [0.05, 0.1) is 0 Å². The molecule has 0 aliphatic carbocycles.